The molecule has 7 heteroatoms. The number of hydrogen-bond acceptors (Lipinski definition) is 4. The van der Waals surface area contributed by atoms with E-state index in [1.165, 1.54) is 0 Å². The summed E-state index contributed by atoms with van der Waals surface area (Å²) in [5.74, 6) is 0.0363. The Kier molecular flexibility index (Phi) is 4.80. The van der Waals surface area contributed by atoms with E-state index < -0.39 is 0 Å². The number of aromatic nitrogens is 3. The quantitative estimate of drug-likeness (QED) is 0.822. The molecule has 2 aromatic heterocycles. The maximum absolute atomic E-state index is 12.5. The lowest BCUT2D eigenvalue weighted by atomic mass is 10.2. The standard InChI is InChI=1S/C17H23N5O2/c1-3-21-13-14(4-5-16(21)23)12-20-8-10-22(11-9-20)17(24)15-6-7-18-19(15)2/h4-7,13H,3,8-12H2,1-2H3. The smallest absolute Gasteiger partial charge is 0.272 e. The Morgan fingerprint density at radius 1 is 1.17 bits per heavy atom. The van der Waals surface area contributed by atoms with Crippen molar-refractivity contribution < 1.29 is 4.79 Å². The summed E-state index contributed by atoms with van der Waals surface area (Å²) in [6.45, 7) is 6.51. The number of carbonyl (C=O) groups excluding carboxylic acids is 1. The van der Waals surface area contributed by atoms with E-state index in [9.17, 15) is 9.59 Å². The van der Waals surface area contributed by atoms with Crippen molar-refractivity contribution in [1.29, 1.82) is 0 Å². The highest BCUT2D eigenvalue weighted by Crippen LogP contribution is 2.11. The minimum Gasteiger partial charge on any atom is -0.335 e. The molecule has 1 aliphatic rings. The van der Waals surface area contributed by atoms with Gasteiger partial charge in [-0.25, -0.2) is 0 Å². The molecule has 0 unspecified atom stereocenters. The van der Waals surface area contributed by atoms with E-state index in [4.69, 9.17) is 0 Å². The fraction of sp³-hybridized carbons (Fsp3) is 0.471. The molecule has 1 fully saturated rings. The van der Waals surface area contributed by atoms with E-state index in [-0.39, 0.29) is 11.5 Å². The van der Waals surface area contributed by atoms with Gasteiger partial charge in [-0.05, 0) is 18.6 Å². The van der Waals surface area contributed by atoms with Crippen LogP contribution in [-0.2, 0) is 20.1 Å². The van der Waals surface area contributed by atoms with Crippen LogP contribution in [0, 0.1) is 0 Å². The van der Waals surface area contributed by atoms with Crippen molar-refractivity contribution in [2.24, 2.45) is 7.05 Å². The van der Waals surface area contributed by atoms with Crippen molar-refractivity contribution in [2.75, 3.05) is 26.2 Å². The van der Waals surface area contributed by atoms with Crippen LogP contribution >= 0.6 is 0 Å². The minimum absolute atomic E-state index is 0.0350. The molecular weight excluding hydrogens is 306 g/mol. The largest absolute Gasteiger partial charge is 0.335 e. The van der Waals surface area contributed by atoms with E-state index in [0.717, 1.165) is 25.2 Å². The van der Waals surface area contributed by atoms with E-state index in [1.807, 2.05) is 24.1 Å². The van der Waals surface area contributed by atoms with Gasteiger partial charge >= 0.3 is 0 Å². The Bertz CT molecular complexity index is 771. The molecule has 0 radical (unpaired) electrons. The molecule has 0 bridgehead atoms. The molecule has 3 heterocycles. The van der Waals surface area contributed by atoms with E-state index >= 15 is 0 Å². The summed E-state index contributed by atoms with van der Waals surface area (Å²) in [5.41, 5.74) is 1.79. The summed E-state index contributed by atoms with van der Waals surface area (Å²) >= 11 is 0. The summed E-state index contributed by atoms with van der Waals surface area (Å²) in [4.78, 5) is 28.3. The number of piperazine rings is 1. The van der Waals surface area contributed by atoms with Gasteiger partial charge in [0.1, 0.15) is 5.69 Å². The van der Waals surface area contributed by atoms with Crippen LogP contribution in [-0.4, -0.2) is 56.2 Å². The topological polar surface area (TPSA) is 63.4 Å². The number of pyridine rings is 1. The third kappa shape index (κ3) is 3.41. The molecule has 24 heavy (non-hydrogen) atoms. The monoisotopic (exact) mass is 329 g/mol. The van der Waals surface area contributed by atoms with Crippen LogP contribution < -0.4 is 5.56 Å². The Labute approximate surface area is 141 Å². The van der Waals surface area contributed by atoms with Gasteiger partial charge < -0.3 is 9.47 Å². The molecule has 0 saturated carbocycles. The van der Waals surface area contributed by atoms with E-state index in [0.29, 0.717) is 25.3 Å². The number of nitrogens with zero attached hydrogens (tertiary/aromatic N) is 5. The highest BCUT2D eigenvalue weighted by molar-refractivity contribution is 5.92. The molecule has 7 nitrogen and oxygen atoms in total. The predicted octanol–water partition coefficient (Wildman–Crippen LogP) is 0.560. The van der Waals surface area contributed by atoms with Crippen molar-refractivity contribution in [1.82, 2.24) is 24.1 Å². The zero-order valence-electron chi connectivity index (χ0n) is 14.2. The SMILES string of the molecule is CCn1cc(CN2CCN(C(=O)c3ccnn3C)CC2)ccc1=O. The van der Waals surface area contributed by atoms with Gasteiger partial charge in [0.25, 0.3) is 11.5 Å². The molecular formula is C17H23N5O2. The first kappa shape index (κ1) is 16.4. The second kappa shape index (κ2) is 7.00. The first-order chi connectivity index (χ1) is 11.6. The zero-order valence-corrected chi connectivity index (χ0v) is 14.2. The molecule has 0 aromatic carbocycles. The predicted molar refractivity (Wildman–Crippen MR) is 90.8 cm³/mol. The number of rotatable bonds is 4. The van der Waals surface area contributed by atoms with Crippen LogP contribution in [0.15, 0.2) is 35.4 Å². The highest BCUT2D eigenvalue weighted by Gasteiger charge is 2.23. The fourth-order valence-corrected chi connectivity index (χ4v) is 3.03. The first-order valence-corrected chi connectivity index (χ1v) is 8.27. The summed E-state index contributed by atoms with van der Waals surface area (Å²) < 4.78 is 3.33. The minimum atomic E-state index is 0.0350. The Hall–Kier alpha value is -2.41. The van der Waals surface area contributed by atoms with Gasteiger partial charge in [-0.3, -0.25) is 19.2 Å². The Morgan fingerprint density at radius 2 is 1.92 bits per heavy atom. The average molecular weight is 329 g/mol. The molecule has 128 valence electrons. The van der Waals surface area contributed by atoms with Crippen LogP contribution in [0.3, 0.4) is 0 Å². The van der Waals surface area contributed by atoms with Crippen LogP contribution in [0.1, 0.15) is 23.0 Å². The number of amides is 1. The number of aryl methyl sites for hydroxylation is 2. The maximum atomic E-state index is 12.5. The van der Waals surface area contributed by atoms with Gasteiger partial charge in [0, 0.05) is 64.8 Å². The van der Waals surface area contributed by atoms with Gasteiger partial charge in [-0.15, -0.1) is 0 Å². The normalized spacial score (nSPS) is 15.7. The van der Waals surface area contributed by atoms with E-state index in [2.05, 4.69) is 10.00 Å². The zero-order chi connectivity index (χ0) is 17.1. The Balaban J connectivity index is 1.58. The molecule has 0 N–H and O–H groups in total. The van der Waals surface area contributed by atoms with Crippen molar-refractivity contribution in [2.45, 2.75) is 20.0 Å². The fourth-order valence-electron chi connectivity index (χ4n) is 3.03. The van der Waals surface area contributed by atoms with E-state index in [1.54, 1.807) is 34.6 Å². The molecule has 1 saturated heterocycles. The van der Waals surface area contributed by atoms with Gasteiger partial charge in [0.2, 0.25) is 0 Å². The molecule has 0 atom stereocenters. The van der Waals surface area contributed by atoms with Gasteiger partial charge in [0.15, 0.2) is 0 Å². The first-order valence-electron chi connectivity index (χ1n) is 8.27. The van der Waals surface area contributed by atoms with Gasteiger partial charge in [0.05, 0.1) is 0 Å². The average Bonchev–Trinajstić information content (AvgIpc) is 3.02. The van der Waals surface area contributed by atoms with Crippen LogP contribution in [0.4, 0.5) is 0 Å². The molecule has 3 rings (SSSR count). The van der Waals surface area contributed by atoms with Gasteiger partial charge in [-0.1, -0.05) is 6.07 Å². The number of hydrogen-bond donors (Lipinski definition) is 0. The molecule has 1 amide bonds. The van der Waals surface area contributed by atoms with Crippen molar-refractivity contribution >= 4 is 5.91 Å². The third-order valence-corrected chi connectivity index (χ3v) is 4.49. The van der Waals surface area contributed by atoms with Crippen molar-refractivity contribution in [3.05, 3.63) is 52.2 Å². The number of carbonyl (C=O) groups is 1. The summed E-state index contributed by atoms with van der Waals surface area (Å²) in [6, 6.07) is 5.27. The molecule has 0 spiro atoms. The van der Waals surface area contributed by atoms with Crippen LogP contribution in [0.25, 0.3) is 0 Å². The lowest BCUT2D eigenvalue weighted by Gasteiger charge is -2.34. The lowest BCUT2D eigenvalue weighted by Crippen LogP contribution is -2.48. The molecule has 1 aliphatic heterocycles. The second-order valence-electron chi connectivity index (χ2n) is 6.07. The molecule has 2 aromatic rings. The van der Waals surface area contributed by atoms with Crippen LogP contribution in [0.5, 0.6) is 0 Å². The second-order valence-corrected chi connectivity index (χ2v) is 6.07. The molecule has 0 aliphatic carbocycles. The maximum Gasteiger partial charge on any atom is 0.272 e. The van der Waals surface area contributed by atoms with Crippen LogP contribution in [0.2, 0.25) is 0 Å². The summed E-state index contributed by atoms with van der Waals surface area (Å²) in [5, 5.41) is 4.06. The highest BCUT2D eigenvalue weighted by atomic mass is 16.2. The Morgan fingerprint density at radius 3 is 2.54 bits per heavy atom. The summed E-state index contributed by atoms with van der Waals surface area (Å²) in [6.07, 6.45) is 3.57. The van der Waals surface area contributed by atoms with Crippen molar-refractivity contribution in [3.63, 3.8) is 0 Å². The van der Waals surface area contributed by atoms with Gasteiger partial charge in [-0.2, -0.15) is 5.10 Å². The lowest BCUT2D eigenvalue weighted by molar-refractivity contribution is 0.0617. The van der Waals surface area contributed by atoms with Crippen molar-refractivity contribution in [3.8, 4) is 0 Å². The summed E-state index contributed by atoms with van der Waals surface area (Å²) in [7, 11) is 1.78. The third-order valence-electron chi connectivity index (χ3n) is 4.49.